The Balaban J connectivity index is 1.86. The highest BCUT2D eigenvalue weighted by molar-refractivity contribution is 14.1. The number of urea groups is 1. The molecule has 1 unspecified atom stereocenters. The number of rotatable bonds is 4. The lowest BCUT2D eigenvalue weighted by molar-refractivity contribution is 0.248. The van der Waals surface area contributed by atoms with Crippen LogP contribution >= 0.6 is 22.6 Å². The van der Waals surface area contributed by atoms with Crippen molar-refractivity contribution in [2.45, 2.75) is 19.4 Å². The molecule has 0 aliphatic rings. The Labute approximate surface area is 125 Å². The van der Waals surface area contributed by atoms with Crippen LogP contribution in [0, 0.1) is 3.57 Å². The first-order valence-corrected chi connectivity index (χ1v) is 7.07. The molecule has 2 rings (SSSR count). The van der Waals surface area contributed by atoms with Gasteiger partial charge in [-0.05, 0) is 53.8 Å². The second kappa shape index (κ2) is 6.60. The Morgan fingerprint density at radius 2 is 2.11 bits per heavy atom. The van der Waals surface area contributed by atoms with E-state index in [1.165, 1.54) is 0 Å². The lowest BCUT2D eigenvalue weighted by Crippen LogP contribution is -2.37. The van der Waals surface area contributed by atoms with Gasteiger partial charge in [0.2, 0.25) is 0 Å². The third-order valence-electron chi connectivity index (χ3n) is 2.59. The number of para-hydroxylation sites is 1. The van der Waals surface area contributed by atoms with Crippen LogP contribution in [0.2, 0.25) is 0 Å². The maximum atomic E-state index is 11.8. The van der Waals surface area contributed by atoms with E-state index in [4.69, 9.17) is 4.42 Å². The molecule has 0 saturated heterocycles. The van der Waals surface area contributed by atoms with Gasteiger partial charge in [-0.25, -0.2) is 4.79 Å². The minimum absolute atomic E-state index is 0.00697. The summed E-state index contributed by atoms with van der Waals surface area (Å²) in [5.41, 5.74) is 0.811. The molecule has 2 aromatic rings. The summed E-state index contributed by atoms with van der Waals surface area (Å²) < 4.78 is 6.26. The van der Waals surface area contributed by atoms with Crippen LogP contribution in [-0.4, -0.2) is 12.1 Å². The van der Waals surface area contributed by atoms with Gasteiger partial charge < -0.3 is 15.1 Å². The molecule has 0 saturated carbocycles. The van der Waals surface area contributed by atoms with Gasteiger partial charge in [-0.3, -0.25) is 0 Å². The standard InChI is InChI=1S/C14H15IN2O2/c1-10(9-11-5-4-8-19-11)16-14(18)17-13-7-3-2-6-12(13)15/h2-8,10H,9H2,1H3,(H2,16,17,18). The molecule has 4 nitrogen and oxygen atoms in total. The number of anilines is 1. The van der Waals surface area contributed by atoms with Gasteiger partial charge in [-0.15, -0.1) is 0 Å². The van der Waals surface area contributed by atoms with E-state index in [2.05, 4.69) is 33.2 Å². The van der Waals surface area contributed by atoms with Crippen LogP contribution in [0.15, 0.2) is 47.1 Å². The number of amides is 2. The number of carbonyl (C=O) groups excluding carboxylic acids is 1. The molecule has 2 amide bonds. The summed E-state index contributed by atoms with van der Waals surface area (Å²) in [7, 11) is 0. The fourth-order valence-corrected chi connectivity index (χ4v) is 2.25. The summed E-state index contributed by atoms with van der Waals surface area (Å²) in [5.74, 6) is 0.863. The van der Waals surface area contributed by atoms with Gasteiger partial charge in [0.25, 0.3) is 0 Å². The largest absolute Gasteiger partial charge is 0.469 e. The van der Waals surface area contributed by atoms with E-state index in [0.29, 0.717) is 6.42 Å². The van der Waals surface area contributed by atoms with Crippen molar-refractivity contribution in [2.24, 2.45) is 0 Å². The van der Waals surface area contributed by atoms with Crippen molar-refractivity contribution in [3.05, 3.63) is 52.0 Å². The monoisotopic (exact) mass is 370 g/mol. The molecule has 0 aliphatic heterocycles. The molecule has 19 heavy (non-hydrogen) atoms. The van der Waals surface area contributed by atoms with Crippen molar-refractivity contribution >= 4 is 34.3 Å². The van der Waals surface area contributed by atoms with Crippen molar-refractivity contribution < 1.29 is 9.21 Å². The summed E-state index contributed by atoms with van der Waals surface area (Å²) >= 11 is 2.19. The van der Waals surface area contributed by atoms with Gasteiger partial charge in [0, 0.05) is 16.0 Å². The molecule has 1 aromatic carbocycles. The first-order chi connectivity index (χ1) is 9.15. The van der Waals surface area contributed by atoms with Crippen LogP contribution in [0.3, 0.4) is 0 Å². The number of hydrogen-bond donors (Lipinski definition) is 2. The number of nitrogens with one attached hydrogen (secondary N) is 2. The summed E-state index contributed by atoms with van der Waals surface area (Å²) in [4.78, 5) is 11.8. The van der Waals surface area contributed by atoms with Crippen molar-refractivity contribution in [3.63, 3.8) is 0 Å². The summed E-state index contributed by atoms with van der Waals surface area (Å²) in [6.07, 6.45) is 2.31. The van der Waals surface area contributed by atoms with Crippen LogP contribution < -0.4 is 10.6 Å². The number of furan rings is 1. The van der Waals surface area contributed by atoms with Gasteiger partial charge in [-0.2, -0.15) is 0 Å². The molecule has 0 bridgehead atoms. The fourth-order valence-electron chi connectivity index (χ4n) is 1.73. The Bertz CT molecular complexity index is 540. The van der Waals surface area contributed by atoms with Gasteiger partial charge in [0.05, 0.1) is 12.0 Å². The molecule has 100 valence electrons. The van der Waals surface area contributed by atoms with Crippen LogP contribution in [-0.2, 0) is 6.42 Å². The number of carbonyl (C=O) groups is 1. The molecule has 5 heteroatoms. The third-order valence-corrected chi connectivity index (χ3v) is 3.53. The molecule has 1 atom stereocenters. The average molecular weight is 370 g/mol. The maximum Gasteiger partial charge on any atom is 0.319 e. The summed E-state index contributed by atoms with van der Waals surface area (Å²) in [6, 6.07) is 11.2. The van der Waals surface area contributed by atoms with Crippen LogP contribution in [0.5, 0.6) is 0 Å². The van der Waals surface area contributed by atoms with Crippen LogP contribution in [0.4, 0.5) is 10.5 Å². The van der Waals surface area contributed by atoms with Crippen molar-refractivity contribution in [1.29, 1.82) is 0 Å². The summed E-state index contributed by atoms with van der Waals surface area (Å²) in [5, 5.41) is 5.71. The number of hydrogen-bond acceptors (Lipinski definition) is 2. The van der Waals surface area contributed by atoms with Gasteiger partial charge >= 0.3 is 6.03 Å². The van der Waals surface area contributed by atoms with Crippen molar-refractivity contribution in [3.8, 4) is 0 Å². The molecule has 0 fully saturated rings. The van der Waals surface area contributed by atoms with E-state index in [1.54, 1.807) is 6.26 Å². The third kappa shape index (κ3) is 4.27. The SMILES string of the molecule is CC(Cc1ccco1)NC(=O)Nc1ccccc1I. The molecule has 1 aromatic heterocycles. The van der Waals surface area contributed by atoms with E-state index in [9.17, 15) is 4.79 Å². The zero-order chi connectivity index (χ0) is 13.7. The Hall–Kier alpha value is -1.50. The molecular weight excluding hydrogens is 355 g/mol. The topological polar surface area (TPSA) is 54.3 Å². The molecule has 0 aliphatic carbocycles. The molecule has 0 spiro atoms. The maximum absolute atomic E-state index is 11.8. The zero-order valence-electron chi connectivity index (χ0n) is 10.5. The van der Waals surface area contributed by atoms with E-state index in [0.717, 1.165) is 15.0 Å². The lowest BCUT2D eigenvalue weighted by atomic mass is 10.2. The quantitative estimate of drug-likeness (QED) is 0.808. The Kier molecular flexibility index (Phi) is 4.84. The predicted molar refractivity (Wildman–Crippen MR) is 83.2 cm³/mol. The first kappa shape index (κ1) is 13.9. The fraction of sp³-hybridized carbons (Fsp3) is 0.214. The summed E-state index contributed by atoms with van der Waals surface area (Å²) in [6.45, 7) is 1.94. The minimum atomic E-state index is -0.205. The zero-order valence-corrected chi connectivity index (χ0v) is 12.7. The molecule has 0 radical (unpaired) electrons. The van der Waals surface area contributed by atoms with Gasteiger partial charge in [-0.1, -0.05) is 12.1 Å². The van der Waals surface area contributed by atoms with Crippen molar-refractivity contribution in [1.82, 2.24) is 5.32 Å². The van der Waals surface area contributed by atoms with E-state index in [-0.39, 0.29) is 12.1 Å². The highest BCUT2D eigenvalue weighted by Gasteiger charge is 2.10. The van der Waals surface area contributed by atoms with Gasteiger partial charge in [0.15, 0.2) is 0 Å². The van der Waals surface area contributed by atoms with E-state index >= 15 is 0 Å². The first-order valence-electron chi connectivity index (χ1n) is 5.99. The Morgan fingerprint density at radius 3 is 2.79 bits per heavy atom. The lowest BCUT2D eigenvalue weighted by Gasteiger charge is -2.14. The highest BCUT2D eigenvalue weighted by atomic mass is 127. The highest BCUT2D eigenvalue weighted by Crippen LogP contribution is 2.16. The van der Waals surface area contributed by atoms with E-state index < -0.39 is 0 Å². The van der Waals surface area contributed by atoms with Crippen LogP contribution in [0.1, 0.15) is 12.7 Å². The minimum Gasteiger partial charge on any atom is -0.469 e. The predicted octanol–water partition coefficient (Wildman–Crippen LogP) is 3.64. The second-order valence-electron chi connectivity index (χ2n) is 4.26. The van der Waals surface area contributed by atoms with Crippen molar-refractivity contribution in [2.75, 3.05) is 5.32 Å². The second-order valence-corrected chi connectivity index (χ2v) is 5.43. The van der Waals surface area contributed by atoms with Crippen LogP contribution in [0.25, 0.3) is 0 Å². The molecule has 1 heterocycles. The van der Waals surface area contributed by atoms with E-state index in [1.807, 2.05) is 43.3 Å². The number of benzene rings is 1. The van der Waals surface area contributed by atoms with Gasteiger partial charge in [0.1, 0.15) is 5.76 Å². The number of halogens is 1. The normalized spacial score (nSPS) is 11.9. The smallest absolute Gasteiger partial charge is 0.319 e. The Morgan fingerprint density at radius 1 is 1.32 bits per heavy atom. The molecular formula is C14H15IN2O2. The molecule has 2 N–H and O–H groups in total. The average Bonchev–Trinajstić information content (AvgIpc) is 2.84.